The zero-order valence-corrected chi connectivity index (χ0v) is 13.8. The molecular formula is C16H17FN2O3S. The van der Waals surface area contributed by atoms with E-state index in [4.69, 9.17) is 0 Å². The lowest BCUT2D eigenvalue weighted by molar-refractivity contribution is 0.0963. The van der Waals surface area contributed by atoms with Crippen LogP contribution in [0, 0.1) is 5.82 Å². The first-order valence-electron chi connectivity index (χ1n) is 6.80. The van der Waals surface area contributed by atoms with Crippen LogP contribution in [-0.2, 0) is 10.0 Å². The molecule has 0 aromatic heterocycles. The van der Waals surface area contributed by atoms with Gasteiger partial charge >= 0.3 is 0 Å². The fraction of sp³-hybridized carbons (Fsp3) is 0.188. The number of amides is 1. The Morgan fingerprint density at radius 2 is 1.74 bits per heavy atom. The molecule has 7 heteroatoms. The SMILES string of the molecule is CNC(=O)c1ccc(N(C)S(C)(=O)=O)cc1-c1ccc(F)cc1. The number of benzene rings is 2. The van der Waals surface area contributed by atoms with Gasteiger partial charge in [0.25, 0.3) is 5.91 Å². The predicted molar refractivity (Wildman–Crippen MR) is 88.5 cm³/mol. The number of carbonyl (C=O) groups is 1. The van der Waals surface area contributed by atoms with Gasteiger partial charge in [-0.1, -0.05) is 12.1 Å². The number of anilines is 1. The first-order chi connectivity index (χ1) is 10.7. The van der Waals surface area contributed by atoms with E-state index in [0.29, 0.717) is 22.4 Å². The highest BCUT2D eigenvalue weighted by Gasteiger charge is 2.17. The molecule has 2 rings (SSSR count). The second-order valence-corrected chi connectivity index (χ2v) is 7.06. The van der Waals surface area contributed by atoms with E-state index in [-0.39, 0.29) is 11.7 Å². The van der Waals surface area contributed by atoms with Crippen LogP contribution in [0.4, 0.5) is 10.1 Å². The lowest BCUT2D eigenvalue weighted by atomic mass is 9.98. The molecular weight excluding hydrogens is 319 g/mol. The lowest BCUT2D eigenvalue weighted by Crippen LogP contribution is -2.25. The number of halogens is 1. The third-order valence-corrected chi connectivity index (χ3v) is 4.70. The van der Waals surface area contributed by atoms with Crippen molar-refractivity contribution in [3.8, 4) is 11.1 Å². The van der Waals surface area contributed by atoms with Crippen LogP contribution in [0.3, 0.4) is 0 Å². The molecule has 5 nitrogen and oxygen atoms in total. The molecule has 2 aromatic rings. The van der Waals surface area contributed by atoms with E-state index in [9.17, 15) is 17.6 Å². The maximum atomic E-state index is 13.1. The van der Waals surface area contributed by atoms with Crippen molar-refractivity contribution in [3.05, 3.63) is 53.8 Å². The summed E-state index contributed by atoms with van der Waals surface area (Å²) >= 11 is 0. The minimum absolute atomic E-state index is 0.308. The van der Waals surface area contributed by atoms with E-state index >= 15 is 0 Å². The van der Waals surface area contributed by atoms with Crippen molar-refractivity contribution in [1.82, 2.24) is 5.32 Å². The molecule has 0 unspecified atom stereocenters. The number of rotatable bonds is 4. The topological polar surface area (TPSA) is 66.5 Å². The number of hydrogen-bond donors (Lipinski definition) is 1. The number of hydrogen-bond acceptors (Lipinski definition) is 3. The normalized spacial score (nSPS) is 11.1. The van der Waals surface area contributed by atoms with Gasteiger partial charge in [0.05, 0.1) is 11.9 Å². The van der Waals surface area contributed by atoms with Crippen molar-refractivity contribution in [3.63, 3.8) is 0 Å². The van der Waals surface area contributed by atoms with Crippen molar-refractivity contribution < 1.29 is 17.6 Å². The Labute approximate surface area is 134 Å². The van der Waals surface area contributed by atoms with Gasteiger partial charge in [0.1, 0.15) is 5.82 Å². The molecule has 0 spiro atoms. The summed E-state index contributed by atoms with van der Waals surface area (Å²) in [6, 6.07) is 10.4. The quantitative estimate of drug-likeness (QED) is 0.931. The fourth-order valence-corrected chi connectivity index (χ4v) is 2.62. The molecule has 0 saturated carbocycles. The van der Waals surface area contributed by atoms with Crippen LogP contribution in [0.2, 0.25) is 0 Å². The molecule has 1 N–H and O–H groups in total. The molecule has 0 atom stereocenters. The molecule has 122 valence electrons. The van der Waals surface area contributed by atoms with Crippen LogP contribution in [0.25, 0.3) is 11.1 Å². The maximum absolute atomic E-state index is 13.1. The van der Waals surface area contributed by atoms with E-state index in [1.807, 2.05) is 0 Å². The molecule has 1 amide bonds. The minimum atomic E-state index is -3.43. The van der Waals surface area contributed by atoms with Gasteiger partial charge in [-0.3, -0.25) is 9.10 Å². The van der Waals surface area contributed by atoms with Crippen molar-refractivity contribution >= 4 is 21.6 Å². The molecule has 0 aliphatic carbocycles. The zero-order chi connectivity index (χ0) is 17.2. The van der Waals surface area contributed by atoms with Gasteiger partial charge in [0.15, 0.2) is 0 Å². The highest BCUT2D eigenvalue weighted by molar-refractivity contribution is 7.92. The van der Waals surface area contributed by atoms with Gasteiger partial charge in [0.2, 0.25) is 10.0 Å². The molecule has 0 fully saturated rings. The number of nitrogens with one attached hydrogen (secondary N) is 1. The average Bonchev–Trinajstić information content (AvgIpc) is 2.52. The van der Waals surface area contributed by atoms with Gasteiger partial charge < -0.3 is 5.32 Å². The Morgan fingerprint density at radius 3 is 2.26 bits per heavy atom. The van der Waals surface area contributed by atoms with E-state index in [1.54, 1.807) is 30.3 Å². The number of sulfonamides is 1. The lowest BCUT2D eigenvalue weighted by Gasteiger charge is -2.19. The first-order valence-corrected chi connectivity index (χ1v) is 8.65. The van der Waals surface area contributed by atoms with E-state index < -0.39 is 10.0 Å². The summed E-state index contributed by atoms with van der Waals surface area (Å²) in [4.78, 5) is 12.0. The van der Waals surface area contributed by atoms with Crippen molar-refractivity contribution in [1.29, 1.82) is 0 Å². The summed E-state index contributed by atoms with van der Waals surface area (Å²) in [6.07, 6.45) is 1.09. The van der Waals surface area contributed by atoms with Crippen molar-refractivity contribution in [2.45, 2.75) is 0 Å². The van der Waals surface area contributed by atoms with Crippen LogP contribution in [-0.4, -0.2) is 34.7 Å². The summed E-state index contributed by atoms with van der Waals surface area (Å²) < 4.78 is 37.6. The third kappa shape index (κ3) is 3.68. The van der Waals surface area contributed by atoms with Crippen molar-refractivity contribution in [2.24, 2.45) is 0 Å². The van der Waals surface area contributed by atoms with Crippen LogP contribution >= 0.6 is 0 Å². The summed E-state index contributed by atoms with van der Waals surface area (Å²) in [5.41, 5.74) is 1.94. The Hall–Kier alpha value is -2.41. The molecule has 0 saturated heterocycles. The molecule has 0 bridgehead atoms. The maximum Gasteiger partial charge on any atom is 0.251 e. The average molecular weight is 336 g/mol. The Kier molecular flexibility index (Phi) is 4.70. The number of carbonyl (C=O) groups excluding carboxylic acids is 1. The van der Waals surface area contributed by atoms with Gasteiger partial charge in [-0.25, -0.2) is 12.8 Å². The highest BCUT2D eigenvalue weighted by atomic mass is 32.2. The van der Waals surface area contributed by atoms with E-state index in [1.165, 1.54) is 26.2 Å². The van der Waals surface area contributed by atoms with Crippen molar-refractivity contribution in [2.75, 3.05) is 24.7 Å². The van der Waals surface area contributed by atoms with Crippen LogP contribution in [0.5, 0.6) is 0 Å². The second kappa shape index (κ2) is 6.37. The fourth-order valence-electron chi connectivity index (χ4n) is 2.12. The molecule has 0 aliphatic heterocycles. The molecule has 0 aliphatic rings. The van der Waals surface area contributed by atoms with Gasteiger partial charge in [-0.2, -0.15) is 0 Å². The van der Waals surface area contributed by atoms with E-state index in [0.717, 1.165) is 10.6 Å². The largest absolute Gasteiger partial charge is 0.355 e. The first kappa shape index (κ1) is 17.0. The van der Waals surface area contributed by atoms with Gasteiger partial charge in [-0.15, -0.1) is 0 Å². The van der Waals surface area contributed by atoms with Crippen LogP contribution in [0.15, 0.2) is 42.5 Å². The summed E-state index contributed by atoms with van der Waals surface area (Å²) in [6.45, 7) is 0. The molecule has 23 heavy (non-hydrogen) atoms. The van der Waals surface area contributed by atoms with Gasteiger partial charge in [-0.05, 0) is 41.5 Å². The molecule has 0 heterocycles. The predicted octanol–water partition coefficient (Wildman–Crippen LogP) is 2.25. The number of nitrogens with zero attached hydrogens (tertiary/aromatic N) is 1. The van der Waals surface area contributed by atoms with Crippen LogP contribution in [0.1, 0.15) is 10.4 Å². The zero-order valence-electron chi connectivity index (χ0n) is 13.0. The Bertz CT molecular complexity index is 833. The minimum Gasteiger partial charge on any atom is -0.355 e. The molecule has 2 aromatic carbocycles. The Morgan fingerprint density at radius 1 is 1.13 bits per heavy atom. The second-order valence-electron chi connectivity index (χ2n) is 5.05. The summed E-state index contributed by atoms with van der Waals surface area (Å²) in [5, 5.41) is 2.54. The monoisotopic (exact) mass is 336 g/mol. The van der Waals surface area contributed by atoms with E-state index in [2.05, 4.69) is 5.32 Å². The summed E-state index contributed by atoms with van der Waals surface area (Å²) in [7, 11) is -0.491. The third-order valence-electron chi connectivity index (χ3n) is 3.49. The van der Waals surface area contributed by atoms with Crippen LogP contribution < -0.4 is 9.62 Å². The Balaban J connectivity index is 2.64. The standard InChI is InChI=1S/C16H17FN2O3S/c1-18-16(20)14-9-8-13(19(2)23(3,21)22)10-15(14)11-4-6-12(17)7-5-11/h4-10H,1-3H3,(H,18,20). The summed E-state index contributed by atoms with van der Waals surface area (Å²) in [5.74, 6) is -0.697. The molecule has 0 radical (unpaired) electrons. The smallest absolute Gasteiger partial charge is 0.251 e. The highest BCUT2D eigenvalue weighted by Crippen LogP contribution is 2.29. The van der Waals surface area contributed by atoms with Gasteiger partial charge in [0, 0.05) is 19.7 Å².